The van der Waals surface area contributed by atoms with Gasteiger partial charge in [-0.25, -0.2) is 15.0 Å². The van der Waals surface area contributed by atoms with E-state index >= 15 is 0 Å². The van der Waals surface area contributed by atoms with E-state index in [0.717, 1.165) is 30.6 Å². The summed E-state index contributed by atoms with van der Waals surface area (Å²) in [5.41, 5.74) is 2.86. The molecule has 0 aliphatic carbocycles. The van der Waals surface area contributed by atoms with Crippen molar-refractivity contribution in [2.75, 3.05) is 23.3 Å². The van der Waals surface area contributed by atoms with Crippen LogP contribution in [0.5, 0.6) is 0 Å². The molecule has 30 heavy (non-hydrogen) atoms. The van der Waals surface area contributed by atoms with Gasteiger partial charge < -0.3 is 10.2 Å². The maximum atomic E-state index is 12.8. The van der Waals surface area contributed by atoms with Crippen molar-refractivity contribution < 1.29 is 4.79 Å². The highest BCUT2D eigenvalue weighted by atomic mass is 16.2. The number of anilines is 2. The average Bonchev–Trinajstić information content (AvgIpc) is 2.78. The molecule has 0 radical (unpaired) electrons. The van der Waals surface area contributed by atoms with E-state index in [1.165, 1.54) is 17.0 Å². The lowest BCUT2D eigenvalue weighted by molar-refractivity contribution is -0.120. The first-order chi connectivity index (χ1) is 14.5. The Hall–Kier alpha value is -3.55. The Balaban J connectivity index is 1.55. The van der Waals surface area contributed by atoms with Crippen molar-refractivity contribution in [3.8, 4) is 11.4 Å². The van der Waals surface area contributed by atoms with Crippen LogP contribution in [0.4, 0.5) is 11.6 Å². The highest BCUT2D eigenvalue weighted by Crippen LogP contribution is 2.24. The van der Waals surface area contributed by atoms with Crippen LogP contribution < -0.4 is 15.8 Å². The second kappa shape index (κ2) is 8.44. The zero-order valence-electron chi connectivity index (χ0n) is 17.1. The summed E-state index contributed by atoms with van der Waals surface area (Å²) in [7, 11) is 1.70. The smallest absolute Gasteiger partial charge is 0.255 e. The fraction of sp³-hybridized carbons (Fsp3) is 0.318. The minimum atomic E-state index is -0.181. The van der Waals surface area contributed by atoms with Gasteiger partial charge in [-0.15, -0.1) is 0 Å². The van der Waals surface area contributed by atoms with Crippen LogP contribution in [0.1, 0.15) is 18.4 Å². The Morgan fingerprint density at radius 2 is 1.97 bits per heavy atom. The van der Waals surface area contributed by atoms with E-state index in [-0.39, 0.29) is 17.4 Å². The Morgan fingerprint density at radius 3 is 2.70 bits per heavy atom. The molecular weight excluding hydrogens is 380 g/mol. The number of aromatic nitrogens is 4. The number of hydrogen-bond donors (Lipinski definition) is 1. The third-order valence-electron chi connectivity index (χ3n) is 5.35. The van der Waals surface area contributed by atoms with Gasteiger partial charge in [-0.3, -0.25) is 14.2 Å². The second-order valence-electron chi connectivity index (χ2n) is 7.57. The van der Waals surface area contributed by atoms with Gasteiger partial charge in [0.05, 0.1) is 17.3 Å². The van der Waals surface area contributed by atoms with Crippen molar-refractivity contribution in [3.63, 3.8) is 0 Å². The normalized spacial score (nSPS) is 16.3. The third kappa shape index (κ3) is 4.22. The van der Waals surface area contributed by atoms with Gasteiger partial charge in [-0.1, -0.05) is 17.7 Å². The third-order valence-corrected chi connectivity index (χ3v) is 5.35. The number of aryl methyl sites for hydroxylation is 1. The number of hydrogen-bond acceptors (Lipinski definition) is 6. The Labute approximate surface area is 174 Å². The van der Waals surface area contributed by atoms with Crippen molar-refractivity contribution in [1.29, 1.82) is 0 Å². The molecule has 1 aliphatic heterocycles. The van der Waals surface area contributed by atoms with Gasteiger partial charge in [0.15, 0.2) is 0 Å². The van der Waals surface area contributed by atoms with Gasteiger partial charge in [0.2, 0.25) is 11.9 Å². The van der Waals surface area contributed by atoms with Crippen LogP contribution in [0, 0.1) is 12.8 Å². The maximum absolute atomic E-state index is 12.8. The molecule has 1 amide bonds. The van der Waals surface area contributed by atoms with E-state index in [1.807, 2.05) is 36.1 Å². The second-order valence-corrected chi connectivity index (χ2v) is 7.57. The molecule has 3 heterocycles. The summed E-state index contributed by atoms with van der Waals surface area (Å²) in [5.74, 6) is 0.351. The summed E-state index contributed by atoms with van der Waals surface area (Å²) in [4.78, 5) is 40.2. The van der Waals surface area contributed by atoms with Crippen LogP contribution in [0.3, 0.4) is 0 Å². The van der Waals surface area contributed by atoms with E-state index < -0.39 is 0 Å². The lowest BCUT2D eigenvalue weighted by atomic mass is 9.97. The first-order valence-electron chi connectivity index (χ1n) is 9.98. The van der Waals surface area contributed by atoms with Gasteiger partial charge in [-0.2, -0.15) is 0 Å². The number of carbonyl (C=O) groups excluding carboxylic acids is 1. The van der Waals surface area contributed by atoms with Crippen LogP contribution in [-0.4, -0.2) is 38.5 Å². The minimum absolute atomic E-state index is 0.0134. The standard InChI is InChI=1S/C22H24N6O2/c1-15-5-7-17(8-6-15)25-21(30)16-4-3-11-28(13-16)22-26-19(12-20(29)27(22)2)18-9-10-23-14-24-18/h5-10,12,14,16H,3-4,11,13H2,1-2H3,(H,25,30). The van der Waals surface area contributed by atoms with Crippen molar-refractivity contribution >= 4 is 17.5 Å². The molecule has 1 unspecified atom stereocenters. The van der Waals surface area contributed by atoms with E-state index in [9.17, 15) is 9.59 Å². The minimum Gasteiger partial charge on any atom is -0.341 e. The summed E-state index contributed by atoms with van der Waals surface area (Å²) < 4.78 is 1.52. The SMILES string of the molecule is Cc1ccc(NC(=O)C2CCCN(c3nc(-c4ccncn4)cc(=O)n3C)C2)cc1. The van der Waals surface area contributed by atoms with Crippen LogP contribution in [0.25, 0.3) is 11.4 Å². The number of nitrogens with one attached hydrogen (secondary N) is 1. The van der Waals surface area contributed by atoms with Crippen molar-refractivity contribution in [3.05, 3.63) is 64.8 Å². The Morgan fingerprint density at radius 1 is 1.17 bits per heavy atom. The molecule has 8 heteroatoms. The molecule has 4 rings (SSSR count). The van der Waals surface area contributed by atoms with Crippen LogP contribution in [0.15, 0.2) is 53.7 Å². The molecule has 0 bridgehead atoms. The molecule has 154 valence electrons. The molecule has 1 aromatic carbocycles. The van der Waals surface area contributed by atoms with Crippen molar-refractivity contribution in [1.82, 2.24) is 19.5 Å². The fourth-order valence-corrected chi connectivity index (χ4v) is 3.64. The van der Waals surface area contributed by atoms with Crippen LogP contribution in [0.2, 0.25) is 0 Å². The molecule has 2 aromatic heterocycles. The van der Waals surface area contributed by atoms with E-state index in [0.29, 0.717) is 23.9 Å². The largest absolute Gasteiger partial charge is 0.341 e. The van der Waals surface area contributed by atoms with Gasteiger partial charge in [0, 0.05) is 38.1 Å². The lowest BCUT2D eigenvalue weighted by Gasteiger charge is -2.33. The predicted octanol–water partition coefficient (Wildman–Crippen LogP) is 2.40. The van der Waals surface area contributed by atoms with Gasteiger partial charge in [0.25, 0.3) is 5.56 Å². The van der Waals surface area contributed by atoms with Crippen LogP contribution in [-0.2, 0) is 11.8 Å². The van der Waals surface area contributed by atoms with E-state index in [2.05, 4.69) is 20.3 Å². The monoisotopic (exact) mass is 404 g/mol. The molecule has 0 saturated carbocycles. The molecule has 1 fully saturated rings. The zero-order chi connectivity index (χ0) is 21.1. The molecule has 3 aromatic rings. The summed E-state index contributed by atoms with van der Waals surface area (Å²) in [5, 5.41) is 3.00. The first-order valence-corrected chi connectivity index (χ1v) is 9.98. The van der Waals surface area contributed by atoms with Crippen LogP contribution >= 0.6 is 0 Å². The Bertz CT molecular complexity index is 1090. The topological polar surface area (TPSA) is 93.0 Å². The highest BCUT2D eigenvalue weighted by Gasteiger charge is 2.28. The number of rotatable bonds is 4. The molecule has 8 nitrogen and oxygen atoms in total. The number of benzene rings is 1. The van der Waals surface area contributed by atoms with Gasteiger partial charge in [0.1, 0.15) is 6.33 Å². The summed E-state index contributed by atoms with van der Waals surface area (Å²) in [6.45, 7) is 3.25. The molecule has 1 saturated heterocycles. The fourth-order valence-electron chi connectivity index (χ4n) is 3.64. The zero-order valence-corrected chi connectivity index (χ0v) is 17.1. The highest BCUT2D eigenvalue weighted by molar-refractivity contribution is 5.93. The van der Waals surface area contributed by atoms with Gasteiger partial charge in [-0.05, 0) is 38.0 Å². The molecule has 1 aliphatic rings. The maximum Gasteiger partial charge on any atom is 0.255 e. The van der Waals surface area contributed by atoms with E-state index in [1.54, 1.807) is 19.3 Å². The summed E-state index contributed by atoms with van der Waals surface area (Å²) in [6.07, 6.45) is 4.70. The number of amides is 1. The Kier molecular flexibility index (Phi) is 5.56. The summed E-state index contributed by atoms with van der Waals surface area (Å²) in [6, 6.07) is 11.0. The molecule has 1 N–H and O–H groups in total. The molecular formula is C22H24N6O2. The number of nitrogens with zero attached hydrogens (tertiary/aromatic N) is 5. The van der Waals surface area contributed by atoms with E-state index in [4.69, 9.17) is 0 Å². The molecule has 1 atom stereocenters. The summed E-state index contributed by atoms with van der Waals surface area (Å²) >= 11 is 0. The number of piperidine rings is 1. The van der Waals surface area contributed by atoms with Crippen molar-refractivity contribution in [2.45, 2.75) is 19.8 Å². The van der Waals surface area contributed by atoms with Gasteiger partial charge >= 0.3 is 0 Å². The predicted molar refractivity (Wildman–Crippen MR) is 115 cm³/mol. The average molecular weight is 404 g/mol. The molecule has 0 spiro atoms. The first kappa shape index (κ1) is 19.8. The number of carbonyl (C=O) groups is 1. The quantitative estimate of drug-likeness (QED) is 0.718. The van der Waals surface area contributed by atoms with Crippen molar-refractivity contribution in [2.24, 2.45) is 13.0 Å². The lowest BCUT2D eigenvalue weighted by Crippen LogP contribution is -2.43.